The van der Waals surface area contributed by atoms with Crippen LogP contribution in [0.15, 0.2) is 5.38 Å². The first-order valence-electron chi connectivity index (χ1n) is 8.21. The molecule has 0 amide bonds. The van der Waals surface area contributed by atoms with Crippen molar-refractivity contribution in [3.63, 3.8) is 0 Å². The largest absolute Gasteiger partial charge is 0.375 e. The normalized spacial score (nSPS) is 22.4. The SMILES string of the molecule is CCC1(CC)CC(NCc2csc(C(C)(C)C)n2)CCO1. The Morgan fingerprint density at radius 2 is 2.10 bits per heavy atom. The molecule has 120 valence electrons. The van der Waals surface area contributed by atoms with Crippen LogP contribution in [0.3, 0.4) is 0 Å². The molecule has 0 saturated carbocycles. The van der Waals surface area contributed by atoms with Crippen LogP contribution in [0.2, 0.25) is 0 Å². The summed E-state index contributed by atoms with van der Waals surface area (Å²) in [7, 11) is 0. The van der Waals surface area contributed by atoms with E-state index in [4.69, 9.17) is 9.72 Å². The van der Waals surface area contributed by atoms with Gasteiger partial charge in [-0.2, -0.15) is 0 Å². The first-order valence-corrected chi connectivity index (χ1v) is 9.09. The molecule has 2 rings (SSSR count). The van der Waals surface area contributed by atoms with Gasteiger partial charge < -0.3 is 10.1 Å². The Morgan fingerprint density at radius 1 is 1.38 bits per heavy atom. The van der Waals surface area contributed by atoms with Gasteiger partial charge in [0, 0.05) is 30.0 Å². The van der Waals surface area contributed by atoms with E-state index < -0.39 is 0 Å². The monoisotopic (exact) mass is 310 g/mol. The fourth-order valence-corrected chi connectivity index (χ4v) is 3.83. The van der Waals surface area contributed by atoms with Gasteiger partial charge >= 0.3 is 0 Å². The number of hydrogen-bond acceptors (Lipinski definition) is 4. The Labute approximate surface area is 133 Å². The third-order valence-corrected chi connectivity index (χ3v) is 5.86. The summed E-state index contributed by atoms with van der Waals surface area (Å²) in [6, 6.07) is 0.554. The first kappa shape index (κ1) is 16.9. The van der Waals surface area contributed by atoms with Crippen molar-refractivity contribution in [3.8, 4) is 0 Å². The van der Waals surface area contributed by atoms with Gasteiger partial charge in [-0.15, -0.1) is 11.3 Å². The Hall–Kier alpha value is -0.450. The summed E-state index contributed by atoms with van der Waals surface area (Å²) in [6.45, 7) is 12.9. The minimum Gasteiger partial charge on any atom is -0.375 e. The Bertz CT molecular complexity index is 446. The third kappa shape index (κ3) is 4.27. The lowest BCUT2D eigenvalue weighted by Gasteiger charge is -2.40. The van der Waals surface area contributed by atoms with Crippen LogP contribution in [0.4, 0.5) is 0 Å². The standard InChI is InChI=1S/C17H30N2OS/c1-6-17(7-2)10-13(8-9-20-17)18-11-14-12-21-15(19-14)16(3,4)5/h12-13,18H,6-11H2,1-5H3. The van der Waals surface area contributed by atoms with Gasteiger partial charge in [-0.3, -0.25) is 0 Å². The smallest absolute Gasteiger partial charge is 0.0982 e. The number of hydrogen-bond donors (Lipinski definition) is 1. The van der Waals surface area contributed by atoms with E-state index >= 15 is 0 Å². The van der Waals surface area contributed by atoms with Crippen LogP contribution in [-0.2, 0) is 16.7 Å². The lowest BCUT2D eigenvalue weighted by Crippen LogP contribution is -2.46. The molecule has 1 fully saturated rings. The van der Waals surface area contributed by atoms with Gasteiger partial charge in [-0.25, -0.2) is 4.98 Å². The quantitative estimate of drug-likeness (QED) is 0.882. The number of nitrogens with one attached hydrogen (secondary N) is 1. The predicted molar refractivity (Wildman–Crippen MR) is 89.9 cm³/mol. The Morgan fingerprint density at radius 3 is 2.67 bits per heavy atom. The summed E-state index contributed by atoms with van der Waals surface area (Å²) >= 11 is 1.78. The minimum atomic E-state index is 0.0918. The van der Waals surface area contributed by atoms with E-state index in [2.05, 4.69) is 45.3 Å². The van der Waals surface area contributed by atoms with Crippen LogP contribution in [0.1, 0.15) is 71.0 Å². The highest BCUT2D eigenvalue weighted by molar-refractivity contribution is 7.09. The summed E-state index contributed by atoms with van der Waals surface area (Å²) in [5.41, 5.74) is 1.42. The summed E-state index contributed by atoms with van der Waals surface area (Å²) in [6.07, 6.45) is 4.44. The maximum Gasteiger partial charge on any atom is 0.0982 e. The molecule has 1 aromatic rings. The molecule has 1 unspecified atom stereocenters. The van der Waals surface area contributed by atoms with Gasteiger partial charge in [0.05, 0.1) is 16.3 Å². The summed E-state index contributed by atoms with van der Waals surface area (Å²) in [4.78, 5) is 4.77. The van der Waals surface area contributed by atoms with Crippen molar-refractivity contribution < 1.29 is 4.74 Å². The molecule has 0 aromatic carbocycles. The van der Waals surface area contributed by atoms with Crippen molar-refractivity contribution in [1.29, 1.82) is 0 Å². The Kier molecular flexibility index (Phi) is 5.44. The number of rotatable bonds is 5. The van der Waals surface area contributed by atoms with Crippen LogP contribution in [-0.4, -0.2) is 23.2 Å². The zero-order valence-electron chi connectivity index (χ0n) is 14.2. The second kappa shape index (κ2) is 6.76. The van der Waals surface area contributed by atoms with Crippen molar-refractivity contribution in [2.45, 2.75) is 83.9 Å². The van der Waals surface area contributed by atoms with Crippen LogP contribution in [0.25, 0.3) is 0 Å². The molecule has 1 saturated heterocycles. The highest BCUT2D eigenvalue weighted by atomic mass is 32.1. The molecule has 0 spiro atoms. The second-order valence-electron chi connectivity index (χ2n) is 7.20. The molecule has 2 heterocycles. The van der Waals surface area contributed by atoms with Crippen LogP contribution < -0.4 is 5.32 Å². The van der Waals surface area contributed by atoms with E-state index in [1.54, 1.807) is 11.3 Å². The molecule has 0 radical (unpaired) electrons. The average molecular weight is 311 g/mol. The van der Waals surface area contributed by atoms with Gasteiger partial charge in [0.25, 0.3) is 0 Å². The summed E-state index contributed by atoms with van der Waals surface area (Å²) in [5.74, 6) is 0. The number of thiazole rings is 1. The second-order valence-corrected chi connectivity index (χ2v) is 8.06. The topological polar surface area (TPSA) is 34.2 Å². The van der Waals surface area contributed by atoms with Gasteiger partial charge in [0.15, 0.2) is 0 Å². The zero-order valence-corrected chi connectivity index (χ0v) is 15.0. The van der Waals surface area contributed by atoms with E-state index in [1.807, 2.05) is 0 Å². The fraction of sp³-hybridized carbons (Fsp3) is 0.824. The molecule has 4 heteroatoms. The van der Waals surface area contributed by atoms with Crippen molar-refractivity contribution in [1.82, 2.24) is 10.3 Å². The number of ether oxygens (including phenoxy) is 1. The molecule has 1 atom stereocenters. The van der Waals surface area contributed by atoms with Crippen molar-refractivity contribution in [2.75, 3.05) is 6.61 Å². The van der Waals surface area contributed by atoms with Crippen molar-refractivity contribution in [3.05, 3.63) is 16.1 Å². The zero-order chi connectivity index (χ0) is 15.5. The maximum atomic E-state index is 6.04. The van der Waals surface area contributed by atoms with Gasteiger partial charge in [-0.1, -0.05) is 34.6 Å². The molecule has 0 aliphatic carbocycles. The predicted octanol–water partition coefficient (Wildman–Crippen LogP) is 4.27. The molecule has 21 heavy (non-hydrogen) atoms. The van der Waals surface area contributed by atoms with E-state index in [-0.39, 0.29) is 11.0 Å². The molecule has 1 N–H and O–H groups in total. The van der Waals surface area contributed by atoms with Crippen LogP contribution >= 0.6 is 11.3 Å². The lowest BCUT2D eigenvalue weighted by molar-refractivity contribution is -0.0932. The van der Waals surface area contributed by atoms with E-state index in [0.29, 0.717) is 6.04 Å². The van der Waals surface area contributed by atoms with E-state index in [1.165, 1.54) is 10.7 Å². The Balaban J connectivity index is 1.89. The lowest BCUT2D eigenvalue weighted by atomic mass is 9.86. The molecule has 1 aliphatic heterocycles. The van der Waals surface area contributed by atoms with Gasteiger partial charge in [0.1, 0.15) is 0 Å². The average Bonchev–Trinajstić information content (AvgIpc) is 2.94. The molecule has 1 aliphatic rings. The van der Waals surface area contributed by atoms with Crippen LogP contribution in [0.5, 0.6) is 0 Å². The summed E-state index contributed by atoms with van der Waals surface area (Å²) < 4.78 is 6.04. The van der Waals surface area contributed by atoms with Gasteiger partial charge in [-0.05, 0) is 25.7 Å². The van der Waals surface area contributed by atoms with Crippen LogP contribution in [0, 0.1) is 0 Å². The molecular weight excluding hydrogens is 280 g/mol. The van der Waals surface area contributed by atoms with Crippen molar-refractivity contribution in [2.24, 2.45) is 0 Å². The number of aromatic nitrogens is 1. The van der Waals surface area contributed by atoms with Gasteiger partial charge in [0.2, 0.25) is 0 Å². The summed E-state index contributed by atoms with van der Waals surface area (Å²) in [5, 5.41) is 7.11. The van der Waals surface area contributed by atoms with E-state index in [0.717, 1.165) is 38.8 Å². The highest BCUT2D eigenvalue weighted by Gasteiger charge is 2.34. The molecule has 0 bridgehead atoms. The molecular formula is C17H30N2OS. The number of nitrogens with zero attached hydrogens (tertiary/aromatic N) is 1. The first-order chi connectivity index (χ1) is 9.88. The van der Waals surface area contributed by atoms with Crippen molar-refractivity contribution >= 4 is 11.3 Å². The molecule has 1 aromatic heterocycles. The van der Waals surface area contributed by atoms with E-state index in [9.17, 15) is 0 Å². The minimum absolute atomic E-state index is 0.0918. The maximum absolute atomic E-state index is 6.04. The highest BCUT2D eigenvalue weighted by Crippen LogP contribution is 2.31. The fourth-order valence-electron chi connectivity index (χ4n) is 2.93. The molecule has 3 nitrogen and oxygen atoms in total. The third-order valence-electron chi connectivity index (χ3n) is 4.55.